The Labute approximate surface area is 137 Å². The van der Waals surface area contributed by atoms with Crippen LogP contribution in [-0.4, -0.2) is 46.3 Å². The molecule has 0 bridgehead atoms. The highest BCUT2D eigenvalue weighted by Gasteiger charge is 2.52. The van der Waals surface area contributed by atoms with Gasteiger partial charge in [0.2, 0.25) is 10.0 Å². The molecule has 128 valence electrons. The van der Waals surface area contributed by atoms with Gasteiger partial charge in [-0.1, -0.05) is 0 Å². The first kappa shape index (κ1) is 15.6. The molecule has 2 heterocycles. The van der Waals surface area contributed by atoms with Crippen molar-refractivity contribution in [3.05, 3.63) is 12.4 Å². The maximum Gasteiger partial charge on any atom is 0.246 e. The number of nitrogens with zero attached hydrogens (tertiary/aromatic N) is 3. The van der Waals surface area contributed by atoms with E-state index in [1.807, 2.05) is 0 Å². The second-order valence-electron chi connectivity index (χ2n) is 7.52. The number of aliphatic hydroxyl groups excluding tert-OH is 1. The Morgan fingerprint density at radius 3 is 2.48 bits per heavy atom. The van der Waals surface area contributed by atoms with Crippen molar-refractivity contribution >= 4 is 10.0 Å². The van der Waals surface area contributed by atoms with Gasteiger partial charge in [-0.2, -0.15) is 9.40 Å². The molecule has 2 saturated carbocycles. The lowest BCUT2D eigenvalue weighted by Crippen LogP contribution is -2.63. The van der Waals surface area contributed by atoms with Crippen LogP contribution in [0.25, 0.3) is 0 Å². The van der Waals surface area contributed by atoms with Gasteiger partial charge in [-0.15, -0.1) is 0 Å². The molecule has 1 aromatic heterocycles. The zero-order valence-corrected chi connectivity index (χ0v) is 14.2. The average molecular weight is 339 g/mol. The summed E-state index contributed by atoms with van der Waals surface area (Å²) in [5.41, 5.74) is -0.205. The summed E-state index contributed by atoms with van der Waals surface area (Å²) in [5, 5.41) is 13.5. The van der Waals surface area contributed by atoms with Crippen LogP contribution < -0.4 is 0 Å². The first-order valence-corrected chi connectivity index (χ1v) is 10.1. The van der Waals surface area contributed by atoms with Crippen molar-refractivity contribution in [3.8, 4) is 0 Å². The highest BCUT2D eigenvalue weighted by molar-refractivity contribution is 7.89. The van der Waals surface area contributed by atoms with Gasteiger partial charge in [0.1, 0.15) is 4.90 Å². The number of aliphatic hydroxyl groups is 1. The van der Waals surface area contributed by atoms with Crippen LogP contribution in [0.4, 0.5) is 0 Å². The van der Waals surface area contributed by atoms with Crippen molar-refractivity contribution in [2.24, 2.45) is 11.8 Å². The van der Waals surface area contributed by atoms with Crippen LogP contribution in [0.3, 0.4) is 0 Å². The van der Waals surface area contributed by atoms with E-state index in [0.29, 0.717) is 23.3 Å². The van der Waals surface area contributed by atoms with E-state index in [4.69, 9.17) is 0 Å². The van der Waals surface area contributed by atoms with E-state index in [2.05, 4.69) is 5.10 Å². The molecule has 4 rings (SSSR count). The van der Waals surface area contributed by atoms with Crippen LogP contribution in [0, 0.1) is 11.8 Å². The lowest BCUT2D eigenvalue weighted by molar-refractivity contribution is 0.00962. The average Bonchev–Trinajstić information content (AvgIpc) is 3.20. The predicted molar refractivity (Wildman–Crippen MR) is 85.2 cm³/mol. The quantitative estimate of drug-likeness (QED) is 0.884. The molecule has 0 unspecified atom stereocenters. The largest absolute Gasteiger partial charge is 0.396 e. The second kappa shape index (κ2) is 5.57. The fourth-order valence-electron chi connectivity index (χ4n) is 4.06. The first-order chi connectivity index (χ1) is 11.0. The van der Waals surface area contributed by atoms with E-state index in [9.17, 15) is 13.5 Å². The van der Waals surface area contributed by atoms with Crippen LogP contribution in [0.2, 0.25) is 0 Å². The summed E-state index contributed by atoms with van der Waals surface area (Å²) in [6.07, 6.45) is 10.2. The summed E-state index contributed by atoms with van der Waals surface area (Å²) in [5.74, 6) is 1.02. The van der Waals surface area contributed by atoms with Crippen molar-refractivity contribution in [2.45, 2.75) is 61.9 Å². The highest BCUT2D eigenvalue weighted by Crippen LogP contribution is 2.47. The Morgan fingerprint density at radius 1 is 1.17 bits per heavy atom. The summed E-state index contributed by atoms with van der Waals surface area (Å²) in [7, 11) is -3.44. The van der Waals surface area contributed by atoms with Crippen LogP contribution in [0.1, 0.15) is 44.9 Å². The molecular formula is C16H25N3O3S. The van der Waals surface area contributed by atoms with Gasteiger partial charge in [0.05, 0.1) is 6.20 Å². The van der Waals surface area contributed by atoms with Gasteiger partial charge < -0.3 is 5.11 Å². The smallest absolute Gasteiger partial charge is 0.246 e. The molecule has 3 fully saturated rings. The molecule has 1 saturated heterocycles. The molecule has 1 spiro atoms. The summed E-state index contributed by atoms with van der Waals surface area (Å²) in [6.45, 7) is 1.66. The van der Waals surface area contributed by atoms with Gasteiger partial charge in [-0.25, -0.2) is 8.42 Å². The summed E-state index contributed by atoms with van der Waals surface area (Å²) >= 11 is 0. The first-order valence-electron chi connectivity index (χ1n) is 8.70. The molecule has 0 amide bonds. The van der Waals surface area contributed by atoms with E-state index in [1.165, 1.54) is 19.0 Å². The maximum absolute atomic E-state index is 13.0. The van der Waals surface area contributed by atoms with Crippen molar-refractivity contribution in [2.75, 3.05) is 13.2 Å². The lowest BCUT2D eigenvalue weighted by Gasteiger charge is -2.54. The zero-order valence-electron chi connectivity index (χ0n) is 13.4. The molecule has 23 heavy (non-hydrogen) atoms. The third-order valence-electron chi connectivity index (χ3n) is 5.94. The molecule has 1 N–H and O–H groups in total. The van der Waals surface area contributed by atoms with Gasteiger partial charge in [0, 0.05) is 31.4 Å². The van der Waals surface area contributed by atoms with E-state index in [1.54, 1.807) is 15.2 Å². The third-order valence-corrected chi connectivity index (χ3v) is 7.90. The molecule has 7 heteroatoms. The van der Waals surface area contributed by atoms with Gasteiger partial charge >= 0.3 is 0 Å². The number of sulfonamides is 1. The SMILES string of the molecule is O=S(=O)(c1cnn(CC2CC2)c1)N1CCC12CCC(CO)CC2. The minimum atomic E-state index is -3.44. The molecule has 3 aliphatic rings. The Balaban J connectivity index is 1.50. The molecule has 1 aliphatic heterocycles. The third kappa shape index (κ3) is 2.72. The highest BCUT2D eigenvalue weighted by atomic mass is 32.2. The Kier molecular flexibility index (Phi) is 3.77. The number of hydrogen-bond donors (Lipinski definition) is 1. The fraction of sp³-hybridized carbons (Fsp3) is 0.812. The Bertz CT molecular complexity index is 672. The van der Waals surface area contributed by atoms with Crippen molar-refractivity contribution < 1.29 is 13.5 Å². The Morgan fingerprint density at radius 2 is 1.91 bits per heavy atom. The van der Waals surface area contributed by atoms with E-state index < -0.39 is 10.0 Å². The van der Waals surface area contributed by atoms with E-state index in [0.717, 1.165) is 38.6 Å². The summed E-state index contributed by atoms with van der Waals surface area (Å²) in [4.78, 5) is 0.335. The minimum absolute atomic E-state index is 0.205. The number of aromatic nitrogens is 2. The normalized spacial score (nSPS) is 32.1. The predicted octanol–water partition coefficient (Wildman–Crippen LogP) is 1.61. The van der Waals surface area contributed by atoms with Crippen LogP contribution in [0.15, 0.2) is 17.3 Å². The van der Waals surface area contributed by atoms with Crippen molar-refractivity contribution in [3.63, 3.8) is 0 Å². The second-order valence-corrected chi connectivity index (χ2v) is 9.38. The van der Waals surface area contributed by atoms with Crippen LogP contribution in [-0.2, 0) is 16.6 Å². The van der Waals surface area contributed by atoms with Crippen molar-refractivity contribution in [1.82, 2.24) is 14.1 Å². The van der Waals surface area contributed by atoms with Gasteiger partial charge in [0.25, 0.3) is 0 Å². The topological polar surface area (TPSA) is 75.4 Å². The van der Waals surface area contributed by atoms with Crippen LogP contribution >= 0.6 is 0 Å². The number of rotatable bonds is 5. The zero-order chi connectivity index (χ0) is 16.1. The minimum Gasteiger partial charge on any atom is -0.396 e. The maximum atomic E-state index is 13.0. The molecule has 0 aromatic carbocycles. The monoisotopic (exact) mass is 339 g/mol. The fourth-order valence-corrected chi connectivity index (χ4v) is 5.87. The van der Waals surface area contributed by atoms with E-state index >= 15 is 0 Å². The molecular weight excluding hydrogens is 314 g/mol. The van der Waals surface area contributed by atoms with Crippen molar-refractivity contribution in [1.29, 1.82) is 0 Å². The molecule has 0 atom stereocenters. The molecule has 0 radical (unpaired) electrons. The molecule has 1 aromatic rings. The summed E-state index contributed by atoms with van der Waals surface area (Å²) in [6, 6.07) is 0. The molecule has 6 nitrogen and oxygen atoms in total. The molecule has 2 aliphatic carbocycles. The van der Waals surface area contributed by atoms with Gasteiger partial charge in [-0.3, -0.25) is 4.68 Å². The standard InChI is InChI=1S/C16H25N3O3S/c20-12-14-3-5-16(6-4-14)7-8-19(16)23(21,22)15-9-17-18(11-15)10-13-1-2-13/h9,11,13-14,20H,1-8,10,12H2. The number of hydrogen-bond acceptors (Lipinski definition) is 4. The summed E-state index contributed by atoms with van der Waals surface area (Å²) < 4.78 is 29.4. The lowest BCUT2D eigenvalue weighted by atomic mass is 9.71. The Hall–Kier alpha value is -0.920. The van der Waals surface area contributed by atoms with Gasteiger partial charge in [0.15, 0.2) is 0 Å². The van der Waals surface area contributed by atoms with Gasteiger partial charge in [-0.05, 0) is 56.8 Å². The van der Waals surface area contributed by atoms with Crippen LogP contribution in [0.5, 0.6) is 0 Å². The van der Waals surface area contributed by atoms with E-state index in [-0.39, 0.29) is 12.1 Å².